The van der Waals surface area contributed by atoms with Crippen molar-refractivity contribution in [2.24, 2.45) is 7.05 Å². The Morgan fingerprint density at radius 3 is 2.61 bits per heavy atom. The molecule has 0 aliphatic heterocycles. The van der Waals surface area contributed by atoms with Gasteiger partial charge in [0.05, 0.1) is 22.6 Å². The molecule has 0 fully saturated rings. The Morgan fingerprint density at radius 2 is 2.09 bits per heavy atom. The monoisotopic (exact) mass is 320 g/mol. The molecule has 0 radical (unpaired) electrons. The molecule has 122 valence electrons. The van der Waals surface area contributed by atoms with E-state index < -0.39 is 28.3 Å². The van der Waals surface area contributed by atoms with Gasteiger partial charge in [0.25, 0.3) is 5.69 Å². The number of nitrogens with one attached hydrogen (secondary N) is 1. The van der Waals surface area contributed by atoms with Crippen molar-refractivity contribution in [1.82, 2.24) is 9.78 Å². The van der Waals surface area contributed by atoms with Crippen LogP contribution in [0.15, 0.2) is 18.2 Å². The predicted octanol–water partition coefficient (Wildman–Crippen LogP) is 2.83. The molecule has 0 aliphatic rings. The molecule has 0 bridgehead atoms. The van der Waals surface area contributed by atoms with E-state index >= 15 is 0 Å². The minimum Gasteiger partial charge on any atom is -0.320 e. The number of nitrogens with zero attached hydrogens (tertiary/aromatic N) is 3. The van der Waals surface area contributed by atoms with E-state index in [1.165, 1.54) is 6.07 Å². The second-order valence-electron chi connectivity index (χ2n) is 5.34. The van der Waals surface area contributed by atoms with Gasteiger partial charge in [0.15, 0.2) is 0 Å². The molecule has 1 aromatic carbocycles. The summed E-state index contributed by atoms with van der Waals surface area (Å²) in [6, 6.07) is 3.02. The highest BCUT2D eigenvalue weighted by Gasteiger charge is 2.25. The number of amides is 1. The first-order valence-corrected chi connectivity index (χ1v) is 6.97. The van der Waals surface area contributed by atoms with Crippen molar-refractivity contribution < 1.29 is 14.1 Å². The van der Waals surface area contributed by atoms with Gasteiger partial charge in [0.2, 0.25) is 5.91 Å². The summed E-state index contributed by atoms with van der Waals surface area (Å²) in [7, 11) is 1.78. The molecular formula is C15H17FN4O3. The molecule has 0 saturated carbocycles. The highest BCUT2D eigenvalue weighted by atomic mass is 19.1. The summed E-state index contributed by atoms with van der Waals surface area (Å²) in [6.07, 6.45) is 0. The zero-order valence-corrected chi connectivity index (χ0v) is 13.3. The van der Waals surface area contributed by atoms with Gasteiger partial charge in [-0.2, -0.15) is 5.10 Å². The van der Waals surface area contributed by atoms with Crippen molar-refractivity contribution in [2.45, 2.75) is 26.7 Å². The molecule has 1 N–H and O–H groups in total. The van der Waals surface area contributed by atoms with E-state index in [4.69, 9.17) is 0 Å². The topological polar surface area (TPSA) is 90.1 Å². The molecule has 0 spiro atoms. The van der Waals surface area contributed by atoms with E-state index in [1.807, 2.05) is 6.92 Å². The van der Waals surface area contributed by atoms with Gasteiger partial charge < -0.3 is 5.32 Å². The van der Waals surface area contributed by atoms with Crippen LogP contribution in [-0.2, 0) is 11.8 Å². The largest absolute Gasteiger partial charge is 0.320 e. The molecule has 0 aliphatic carbocycles. The predicted molar refractivity (Wildman–Crippen MR) is 82.8 cm³/mol. The SMILES string of the molecule is Cc1nn(C)c(C)c1[C@@H](C)C(=O)Nc1ccc(F)cc1[N+](=O)[O-]. The quantitative estimate of drug-likeness (QED) is 0.693. The van der Waals surface area contributed by atoms with Gasteiger partial charge in [-0.25, -0.2) is 4.39 Å². The third-order valence-corrected chi connectivity index (χ3v) is 3.81. The minimum atomic E-state index is -0.735. The van der Waals surface area contributed by atoms with Crippen molar-refractivity contribution in [2.75, 3.05) is 5.32 Å². The lowest BCUT2D eigenvalue weighted by Crippen LogP contribution is -2.20. The first-order chi connectivity index (χ1) is 10.7. The van der Waals surface area contributed by atoms with E-state index in [2.05, 4.69) is 10.4 Å². The van der Waals surface area contributed by atoms with Gasteiger partial charge >= 0.3 is 0 Å². The zero-order chi connectivity index (χ0) is 17.3. The van der Waals surface area contributed by atoms with Crippen LogP contribution in [-0.4, -0.2) is 20.6 Å². The van der Waals surface area contributed by atoms with Gasteiger partial charge in [-0.15, -0.1) is 0 Å². The summed E-state index contributed by atoms with van der Waals surface area (Å²) in [4.78, 5) is 22.7. The fourth-order valence-electron chi connectivity index (χ4n) is 2.55. The standard InChI is InChI=1S/C15H17FN4O3/c1-8(14-9(2)18-19(4)10(14)3)15(21)17-12-6-5-11(16)7-13(12)20(22)23/h5-8H,1-4H3,(H,17,21)/t8-/m1/s1. The molecule has 8 heteroatoms. The van der Waals surface area contributed by atoms with Crippen molar-refractivity contribution in [3.05, 3.63) is 51.1 Å². The number of halogens is 1. The number of aryl methyl sites for hydroxylation is 2. The summed E-state index contributed by atoms with van der Waals surface area (Å²) >= 11 is 0. The second-order valence-corrected chi connectivity index (χ2v) is 5.34. The number of aromatic nitrogens is 2. The van der Waals surface area contributed by atoms with Crippen LogP contribution in [0.3, 0.4) is 0 Å². The fourth-order valence-corrected chi connectivity index (χ4v) is 2.55. The molecule has 2 aromatic rings. The third-order valence-electron chi connectivity index (χ3n) is 3.81. The van der Waals surface area contributed by atoms with Gasteiger partial charge in [0, 0.05) is 18.3 Å². The van der Waals surface area contributed by atoms with Gasteiger partial charge in [0.1, 0.15) is 11.5 Å². The van der Waals surface area contributed by atoms with Gasteiger partial charge in [-0.05, 0) is 32.9 Å². The molecule has 1 heterocycles. The average molecular weight is 320 g/mol. The van der Waals surface area contributed by atoms with Crippen molar-refractivity contribution in [3.8, 4) is 0 Å². The number of benzene rings is 1. The number of carbonyl (C=O) groups excluding carboxylic acids is 1. The molecule has 1 atom stereocenters. The van der Waals surface area contributed by atoms with Gasteiger partial charge in [-0.3, -0.25) is 19.6 Å². The molecule has 0 saturated heterocycles. The van der Waals surface area contributed by atoms with Crippen LogP contribution in [0.25, 0.3) is 0 Å². The number of hydrogen-bond donors (Lipinski definition) is 1. The van der Waals surface area contributed by atoms with Crippen molar-refractivity contribution >= 4 is 17.3 Å². The summed E-state index contributed by atoms with van der Waals surface area (Å²) in [5.41, 5.74) is 1.83. The second kappa shape index (κ2) is 6.15. The maximum absolute atomic E-state index is 13.1. The number of hydrogen-bond acceptors (Lipinski definition) is 4. The Bertz CT molecular complexity index is 785. The van der Waals surface area contributed by atoms with Crippen LogP contribution in [0, 0.1) is 29.8 Å². The number of anilines is 1. The van der Waals surface area contributed by atoms with E-state index in [0.717, 1.165) is 29.1 Å². The third kappa shape index (κ3) is 3.20. The van der Waals surface area contributed by atoms with E-state index in [0.29, 0.717) is 0 Å². The maximum Gasteiger partial charge on any atom is 0.295 e. The normalized spacial score (nSPS) is 12.0. The number of nitro benzene ring substituents is 1. The Labute approximate surface area is 132 Å². The minimum absolute atomic E-state index is 0.0348. The highest BCUT2D eigenvalue weighted by Crippen LogP contribution is 2.28. The van der Waals surface area contributed by atoms with Crippen LogP contribution >= 0.6 is 0 Å². The van der Waals surface area contributed by atoms with Crippen LogP contribution in [0.1, 0.15) is 29.8 Å². The lowest BCUT2D eigenvalue weighted by molar-refractivity contribution is -0.384. The van der Waals surface area contributed by atoms with E-state index in [9.17, 15) is 19.3 Å². The van der Waals surface area contributed by atoms with Crippen LogP contribution < -0.4 is 5.32 Å². The Morgan fingerprint density at radius 1 is 1.43 bits per heavy atom. The van der Waals surface area contributed by atoms with Gasteiger partial charge in [-0.1, -0.05) is 0 Å². The van der Waals surface area contributed by atoms with Crippen molar-refractivity contribution in [1.29, 1.82) is 0 Å². The summed E-state index contributed by atoms with van der Waals surface area (Å²) in [5, 5.41) is 17.7. The maximum atomic E-state index is 13.1. The summed E-state index contributed by atoms with van der Waals surface area (Å²) < 4.78 is 14.8. The van der Waals surface area contributed by atoms with Crippen LogP contribution in [0.5, 0.6) is 0 Å². The zero-order valence-electron chi connectivity index (χ0n) is 13.3. The Balaban J connectivity index is 2.31. The number of nitro groups is 1. The van der Waals surface area contributed by atoms with Crippen LogP contribution in [0.4, 0.5) is 15.8 Å². The molecule has 1 amide bonds. The molecular weight excluding hydrogens is 303 g/mol. The number of carbonyl (C=O) groups is 1. The average Bonchev–Trinajstić information content (AvgIpc) is 2.73. The summed E-state index contributed by atoms with van der Waals surface area (Å²) in [6.45, 7) is 5.34. The molecule has 23 heavy (non-hydrogen) atoms. The van der Waals surface area contributed by atoms with E-state index in [-0.39, 0.29) is 5.69 Å². The first kappa shape index (κ1) is 16.6. The molecule has 7 nitrogen and oxygen atoms in total. The highest BCUT2D eigenvalue weighted by molar-refractivity contribution is 5.97. The molecule has 2 rings (SSSR count). The number of rotatable bonds is 4. The fraction of sp³-hybridized carbons (Fsp3) is 0.333. The lowest BCUT2D eigenvalue weighted by Gasteiger charge is -2.13. The lowest BCUT2D eigenvalue weighted by atomic mass is 9.98. The summed E-state index contributed by atoms with van der Waals surface area (Å²) in [5.74, 6) is -1.70. The Kier molecular flexibility index (Phi) is 4.44. The smallest absolute Gasteiger partial charge is 0.295 e. The van der Waals surface area contributed by atoms with Crippen LogP contribution in [0.2, 0.25) is 0 Å². The first-order valence-electron chi connectivity index (χ1n) is 6.97. The van der Waals surface area contributed by atoms with E-state index in [1.54, 1.807) is 25.6 Å². The Hall–Kier alpha value is -2.77. The molecule has 0 unspecified atom stereocenters. The van der Waals surface area contributed by atoms with Crippen molar-refractivity contribution in [3.63, 3.8) is 0 Å². The molecule has 1 aromatic heterocycles.